The first kappa shape index (κ1) is 16.2. The lowest BCUT2D eigenvalue weighted by molar-refractivity contribution is -0.128. The number of nitrogen functional groups attached to an aromatic ring is 1. The van der Waals surface area contributed by atoms with E-state index in [1.165, 1.54) is 6.33 Å². The molecule has 0 aliphatic rings. The molecule has 0 aromatic carbocycles. The van der Waals surface area contributed by atoms with Crippen LogP contribution in [-0.2, 0) is 11.2 Å². The zero-order valence-corrected chi connectivity index (χ0v) is 12.4. The molecule has 1 aromatic heterocycles. The SMILES string of the molecule is CCCc1c(NN)ncnc1NCC(=O)N(CC)CC. The number of rotatable bonds is 8. The second-order valence-corrected chi connectivity index (χ2v) is 4.36. The summed E-state index contributed by atoms with van der Waals surface area (Å²) in [6.07, 6.45) is 3.17. The highest BCUT2D eigenvalue weighted by Gasteiger charge is 2.13. The highest BCUT2D eigenvalue weighted by Crippen LogP contribution is 2.20. The lowest BCUT2D eigenvalue weighted by atomic mass is 10.1. The van der Waals surface area contributed by atoms with Crippen molar-refractivity contribution in [3.05, 3.63) is 11.9 Å². The van der Waals surface area contributed by atoms with Gasteiger partial charge in [-0.05, 0) is 20.3 Å². The molecule has 0 atom stereocenters. The Bertz CT molecular complexity index is 433. The fraction of sp³-hybridized carbons (Fsp3) is 0.615. The van der Waals surface area contributed by atoms with Crippen molar-refractivity contribution in [2.24, 2.45) is 5.84 Å². The summed E-state index contributed by atoms with van der Waals surface area (Å²) in [7, 11) is 0. The highest BCUT2D eigenvalue weighted by atomic mass is 16.2. The van der Waals surface area contributed by atoms with Crippen molar-refractivity contribution < 1.29 is 4.79 Å². The van der Waals surface area contributed by atoms with Crippen LogP contribution in [0.1, 0.15) is 32.8 Å². The van der Waals surface area contributed by atoms with E-state index in [4.69, 9.17) is 5.84 Å². The van der Waals surface area contributed by atoms with Gasteiger partial charge in [0.05, 0.1) is 6.54 Å². The Morgan fingerprint density at radius 1 is 1.25 bits per heavy atom. The van der Waals surface area contributed by atoms with Crippen LogP contribution in [0.15, 0.2) is 6.33 Å². The van der Waals surface area contributed by atoms with Gasteiger partial charge >= 0.3 is 0 Å². The van der Waals surface area contributed by atoms with Crippen LogP contribution in [0.5, 0.6) is 0 Å². The number of carbonyl (C=O) groups excluding carboxylic acids is 1. The third-order valence-corrected chi connectivity index (χ3v) is 3.11. The van der Waals surface area contributed by atoms with Gasteiger partial charge in [-0.3, -0.25) is 4.79 Å². The third kappa shape index (κ3) is 4.06. The number of hydrogen-bond acceptors (Lipinski definition) is 6. The minimum atomic E-state index is 0.0540. The summed E-state index contributed by atoms with van der Waals surface area (Å²) in [6.45, 7) is 7.63. The number of hydrazine groups is 1. The van der Waals surface area contributed by atoms with Gasteiger partial charge in [0.1, 0.15) is 18.0 Å². The molecule has 0 saturated heterocycles. The molecule has 7 nitrogen and oxygen atoms in total. The summed E-state index contributed by atoms with van der Waals surface area (Å²) < 4.78 is 0. The zero-order chi connectivity index (χ0) is 15.0. The van der Waals surface area contributed by atoms with E-state index in [-0.39, 0.29) is 12.5 Å². The number of nitrogens with two attached hydrogens (primary N) is 1. The van der Waals surface area contributed by atoms with E-state index in [2.05, 4.69) is 27.6 Å². The smallest absolute Gasteiger partial charge is 0.241 e. The Labute approximate surface area is 119 Å². The Morgan fingerprint density at radius 2 is 1.90 bits per heavy atom. The second kappa shape index (κ2) is 8.31. The predicted molar refractivity (Wildman–Crippen MR) is 80.3 cm³/mol. The fourth-order valence-electron chi connectivity index (χ4n) is 2.02. The summed E-state index contributed by atoms with van der Waals surface area (Å²) in [5.74, 6) is 6.77. The van der Waals surface area contributed by atoms with Gasteiger partial charge in [0, 0.05) is 18.7 Å². The van der Waals surface area contributed by atoms with Crippen molar-refractivity contribution in [1.29, 1.82) is 0 Å². The summed E-state index contributed by atoms with van der Waals surface area (Å²) in [4.78, 5) is 22.0. The van der Waals surface area contributed by atoms with Crippen LogP contribution < -0.4 is 16.6 Å². The molecule has 0 spiro atoms. The Hall–Kier alpha value is -1.89. The molecule has 0 saturated carbocycles. The third-order valence-electron chi connectivity index (χ3n) is 3.11. The number of anilines is 2. The van der Waals surface area contributed by atoms with E-state index >= 15 is 0 Å². The van der Waals surface area contributed by atoms with E-state index in [9.17, 15) is 4.79 Å². The molecular formula is C13H24N6O. The van der Waals surface area contributed by atoms with Crippen molar-refractivity contribution in [3.8, 4) is 0 Å². The van der Waals surface area contributed by atoms with Gasteiger partial charge in [-0.25, -0.2) is 15.8 Å². The molecule has 1 heterocycles. The van der Waals surface area contributed by atoms with Gasteiger partial charge < -0.3 is 15.6 Å². The van der Waals surface area contributed by atoms with E-state index in [0.717, 1.165) is 18.4 Å². The number of nitrogens with one attached hydrogen (secondary N) is 2. The molecule has 0 fully saturated rings. The maximum absolute atomic E-state index is 12.0. The first-order valence-corrected chi connectivity index (χ1v) is 6.99. The molecule has 112 valence electrons. The molecule has 1 rings (SSSR count). The summed E-state index contributed by atoms with van der Waals surface area (Å²) in [6, 6.07) is 0. The zero-order valence-electron chi connectivity index (χ0n) is 12.4. The monoisotopic (exact) mass is 280 g/mol. The Morgan fingerprint density at radius 3 is 2.45 bits per heavy atom. The van der Waals surface area contributed by atoms with Gasteiger partial charge in [0.25, 0.3) is 0 Å². The van der Waals surface area contributed by atoms with Gasteiger partial charge in [-0.1, -0.05) is 13.3 Å². The van der Waals surface area contributed by atoms with Crippen LogP contribution >= 0.6 is 0 Å². The Balaban J connectivity index is 2.79. The minimum absolute atomic E-state index is 0.0540. The standard InChI is InChI=1S/C13H24N6O/c1-4-7-10-12(16-9-17-13(10)18-14)15-8-11(20)19(5-2)6-3/h9H,4-8,14H2,1-3H3,(H2,15,16,17,18). The topological polar surface area (TPSA) is 96.2 Å². The molecule has 1 aromatic rings. The quantitative estimate of drug-likeness (QED) is 0.485. The number of hydrogen-bond donors (Lipinski definition) is 3. The maximum atomic E-state index is 12.0. The van der Waals surface area contributed by atoms with Gasteiger partial charge in [0.2, 0.25) is 5.91 Å². The van der Waals surface area contributed by atoms with Gasteiger partial charge in [-0.2, -0.15) is 0 Å². The number of likely N-dealkylation sites (N-methyl/N-ethyl adjacent to an activating group) is 1. The van der Waals surface area contributed by atoms with Crippen LogP contribution in [0.3, 0.4) is 0 Å². The number of carbonyl (C=O) groups is 1. The molecule has 0 unspecified atom stereocenters. The molecular weight excluding hydrogens is 256 g/mol. The second-order valence-electron chi connectivity index (χ2n) is 4.36. The van der Waals surface area contributed by atoms with E-state index in [0.29, 0.717) is 24.7 Å². The fourth-order valence-corrected chi connectivity index (χ4v) is 2.02. The number of aromatic nitrogens is 2. The largest absolute Gasteiger partial charge is 0.361 e. The van der Waals surface area contributed by atoms with E-state index in [1.54, 1.807) is 4.90 Å². The maximum Gasteiger partial charge on any atom is 0.241 e. The van der Waals surface area contributed by atoms with Crippen molar-refractivity contribution in [2.75, 3.05) is 30.4 Å². The Kier molecular flexibility index (Phi) is 6.72. The van der Waals surface area contributed by atoms with Crippen LogP contribution in [-0.4, -0.2) is 40.4 Å². The molecule has 7 heteroatoms. The first-order chi connectivity index (χ1) is 9.67. The molecule has 20 heavy (non-hydrogen) atoms. The predicted octanol–water partition coefficient (Wildman–Crippen LogP) is 0.995. The molecule has 0 bridgehead atoms. The lowest BCUT2D eigenvalue weighted by Gasteiger charge is -2.19. The molecule has 0 aliphatic heterocycles. The molecule has 4 N–H and O–H groups in total. The van der Waals surface area contributed by atoms with E-state index < -0.39 is 0 Å². The van der Waals surface area contributed by atoms with Crippen molar-refractivity contribution in [2.45, 2.75) is 33.6 Å². The van der Waals surface area contributed by atoms with Crippen LogP contribution in [0.2, 0.25) is 0 Å². The molecule has 0 aliphatic carbocycles. The number of amides is 1. The van der Waals surface area contributed by atoms with Crippen molar-refractivity contribution >= 4 is 17.5 Å². The average Bonchev–Trinajstić information content (AvgIpc) is 2.47. The highest BCUT2D eigenvalue weighted by molar-refractivity contribution is 5.81. The minimum Gasteiger partial charge on any atom is -0.361 e. The average molecular weight is 280 g/mol. The van der Waals surface area contributed by atoms with Crippen molar-refractivity contribution in [3.63, 3.8) is 0 Å². The van der Waals surface area contributed by atoms with Crippen LogP contribution in [0.4, 0.5) is 11.6 Å². The van der Waals surface area contributed by atoms with E-state index in [1.807, 2.05) is 13.8 Å². The summed E-state index contributed by atoms with van der Waals surface area (Å²) >= 11 is 0. The van der Waals surface area contributed by atoms with Crippen LogP contribution in [0.25, 0.3) is 0 Å². The van der Waals surface area contributed by atoms with Gasteiger partial charge in [-0.15, -0.1) is 0 Å². The molecule has 0 radical (unpaired) electrons. The normalized spacial score (nSPS) is 10.2. The van der Waals surface area contributed by atoms with Gasteiger partial charge in [0.15, 0.2) is 0 Å². The number of nitrogens with zero attached hydrogens (tertiary/aromatic N) is 3. The molecule has 1 amide bonds. The van der Waals surface area contributed by atoms with Crippen LogP contribution in [0, 0.1) is 0 Å². The first-order valence-electron chi connectivity index (χ1n) is 6.99. The lowest BCUT2D eigenvalue weighted by Crippen LogP contribution is -2.35. The summed E-state index contributed by atoms with van der Waals surface area (Å²) in [5.41, 5.74) is 3.47. The van der Waals surface area contributed by atoms with Crippen molar-refractivity contribution in [1.82, 2.24) is 14.9 Å². The summed E-state index contributed by atoms with van der Waals surface area (Å²) in [5, 5.41) is 3.08.